The molecule has 0 N–H and O–H groups in total. The number of para-hydroxylation sites is 2. The van der Waals surface area contributed by atoms with Crippen LogP contribution in [0.1, 0.15) is 91.4 Å². The van der Waals surface area contributed by atoms with Crippen molar-refractivity contribution in [1.82, 2.24) is 0 Å². The molecule has 0 fully saturated rings. The minimum Gasteiger partial charge on any atom is -0.423 e. The van der Waals surface area contributed by atoms with E-state index in [9.17, 15) is 9.59 Å². The minimum atomic E-state index is -0.279. The van der Waals surface area contributed by atoms with Gasteiger partial charge in [0.15, 0.2) is 11.5 Å². The molecule has 0 radical (unpaired) electrons. The Hall–Kier alpha value is -1.84. The molecule has 0 aromatic heterocycles. The predicted octanol–water partition coefficient (Wildman–Crippen LogP) is 6.46. The van der Waals surface area contributed by atoms with Gasteiger partial charge in [-0.15, -0.1) is 0 Å². The molecule has 0 aliphatic rings. The van der Waals surface area contributed by atoms with Gasteiger partial charge in [0.25, 0.3) is 0 Å². The number of esters is 2. The number of carbonyl (C=O) groups excluding carboxylic acids is 2. The van der Waals surface area contributed by atoms with Crippen LogP contribution in [0.2, 0.25) is 0 Å². The Balaban J connectivity index is 2.37. The molecular weight excluding hydrogens is 340 g/mol. The highest BCUT2D eigenvalue weighted by molar-refractivity contribution is 5.76. The minimum absolute atomic E-state index is 0.272. The molecule has 27 heavy (non-hydrogen) atoms. The number of ether oxygens (including phenoxy) is 2. The van der Waals surface area contributed by atoms with Crippen molar-refractivity contribution >= 4 is 11.9 Å². The molecule has 0 aliphatic heterocycles. The fraction of sp³-hybridized carbons (Fsp3) is 0.652. The molecule has 0 bridgehead atoms. The Kier molecular flexibility index (Phi) is 12.2. The zero-order valence-corrected chi connectivity index (χ0v) is 17.3. The van der Waals surface area contributed by atoms with Gasteiger partial charge in [-0.2, -0.15) is 0 Å². The zero-order chi connectivity index (χ0) is 19.9. The predicted molar refractivity (Wildman–Crippen MR) is 109 cm³/mol. The summed E-state index contributed by atoms with van der Waals surface area (Å²) in [6.45, 7) is 6.54. The van der Waals surface area contributed by atoms with Crippen LogP contribution in [-0.4, -0.2) is 11.9 Å². The van der Waals surface area contributed by atoms with Crippen molar-refractivity contribution in [3.8, 4) is 11.5 Å². The van der Waals surface area contributed by atoms with Crippen molar-refractivity contribution < 1.29 is 19.1 Å². The second-order valence-corrected chi connectivity index (χ2v) is 7.55. The first-order chi connectivity index (χ1) is 13.0. The van der Waals surface area contributed by atoms with E-state index < -0.39 is 0 Å². The van der Waals surface area contributed by atoms with E-state index in [0.29, 0.717) is 30.3 Å². The topological polar surface area (TPSA) is 52.6 Å². The first-order valence-electron chi connectivity index (χ1n) is 10.5. The lowest BCUT2D eigenvalue weighted by atomic mass is 10.1. The number of unbranched alkanes of at least 4 members (excludes halogenated alkanes) is 6. The normalized spacial score (nSPS) is 10.8. The van der Waals surface area contributed by atoms with Gasteiger partial charge in [0.2, 0.25) is 0 Å². The van der Waals surface area contributed by atoms with Crippen molar-refractivity contribution in [3.63, 3.8) is 0 Å². The molecule has 152 valence electrons. The number of carbonyl (C=O) groups is 2. The van der Waals surface area contributed by atoms with Gasteiger partial charge in [0.1, 0.15) is 0 Å². The Bertz CT molecular complexity index is 551. The van der Waals surface area contributed by atoms with E-state index in [0.717, 1.165) is 38.5 Å². The van der Waals surface area contributed by atoms with Gasteiger partial charge >= 0.3 is 11.9 Å². The molecule has 0 amide bonds. The fourth-order valence-electron chi connectivity index (χ4n) is 2.84. The number of hydrogen-bond acceptors (Lipinski definition) is 4. The first-order valence-corrected chi connectivity index (χ1v) is 10.5. The number of hydrogen-bond donors (Lipinski definition) is 0. The average molecular weight is 377 g/mol. The maximum Gasteiger partial charge on any atom is 0.311 e. The van der Waals surface area contributed by atoms with Gasteiger partial charge in [0, 0.05) is 12.8 Å². The Labute approximate surface area is 164 Å². The Morgan fingerprint density at radius 1 is 0.778 bits per heavy atom. The Morgan fingerprint density at radius 3 is 1.78 bits per heavy atom. The van der Waals surface area contributed by atoms with E-state index in [1.54, 1.807) is 24.3 Å². The lowest BCUT2D eigenvalue weighted by molar-refractivity contribution is -0.137. The van der Waals surface area contributed by atoms with Crippen LogP contribution in [0.25, 0.3) is 0 Å². The molecule has 0 unspecified atom stereocenters. The quantitative estimate of drug-likeness (QED) is 0.212. The smallest absolute Gasteiger partial charge is 0.311 e. The van der Waals surface area contributed by atoms with Crippen LogP contribution in [0.4, 0.5) is 0 Å². The van der Waals surface area contributed by atoms with Gasteiger partial charge in [-0.05, 0) is 30.9 Å². The monoisotopic (exact) mass is 376 g/mol. The summed E-state index contributed by atoms with van der Waals surface area (Å²) in [5, 5.41) is 0. The van der Waals surface area contributed by atoms with E-state index in [4.69, 9.17) is 9.47 Å². The lowest BCUT2D eigenvalue weighted by Gasteiger charge is -2.10. The van der Waals surface area contributed by atoms with Crippen LogP contribution >= 0.6 is 0 Å². The van der Waals surface area contributed by atoms with E-state index in [1.165, 1.54) is 19.3 Å². The van der Waals surface area contributed by atoms with Crippen molar-refractivity contribution in [2.75, 3.05) is 0 Å². The van der Waals surface area contributed by atoms with Crippen LogP contribution < -0.4 is 9.47 Å². The summed E-state index contributed by atoms with van der Waals surface area (Å²) < 4.78 is 10.8. The number of benzene rings is 1. The third-order valence-corrected chi connectivity index (χ3v) is 4.44. The van der Waals surface area contributed by atoms with E-state index in [1.807, 2.05) is 0 Å². The van der Waals surface area contributed by atoms with Gasteiger partial charge in [-0.1, -0.05) is 77.8 Å². The van der Waals surface area contributed by atoms with E-state index >= 15 is 0 Å². The molecule has 0 atom stereocenters. The summed E-state index contributed by atoms with van der Waals surface area (Å²) >= 11 is 0. The molecule has 0 saturated heterocycles. The molecule has 1 aromatic rings. The van der Waals surface area contributed by atoms with Crippen molar-refractivity contribution in [3.05, 3.63) is 24.3 Å². The third-order valence-electron chi connectivity index (χ3n) is 4.44. The molecule has 1 aromatic carbocycles. The van der Waals surface area contributed by atoms with E-state index in [2.05, 4.69) is 20.8 Å². The van der Waals surface area contributed by atoms with Crippen LogP contribution in [0, 0.1) is 5.92 Å². The van der Waals surface area contributed by atoms with Crippen molar-refractivity contribution in [2.45, 2.75) is 91.4 Å². The summed E-state index contributed by atoms with van der Waals surface area (Å²) in [5.41, 5.74) is 0. The van der Waals surface area contributed by atoms with Gasteiger partial charge in [0.05, 0.1) is 0 Å². The maximum absolute atomic E-state index is 12.1. The second kappa shape index (κ2) is 14.2. The molecule has 0 spiro atoms. The van der Waals surface area contributed by atoms with Crippen LogP contribution in [0.15, 0.2) is 24.3 Å². The lowest BCUT2D eigenvalue weighted by Crippen LogP contribution is -2.12. The summed E-state index contributed by atoms with van der Waals surface area (Å²) in [4.78, 5) is 24.1. The molecule has 0 aliphatic carbocycles. The summed E-state index contributed by atoms with van der Waals surface area (Å²) in [5.74, 6) is 0.739. The molecule has 4 heteroatoms. The summed E-state index contributed by atoms with van der Waals surface area (Å²) in [6, 6.07) is 6.87. The second-order valence-electron chi connectivity index (χ2n) is 7.55. The molecule has 1 rings (SSSR count). The van der Waals surface area contributed by atoms with Gasteiger partial charge < -0.3 is 9.47 Å². The standard InChI is InChI=1S/C23H36O4/c1-4-5-6-7-8-9-17-22(24)26-20-15-11-12-16-21(20)27-23(25)18-13-10-14-19(2)3/h11-12,15-16,19H,4-10,13-14,17-18H2,1-3H3. The molecule has 0 saturated carbocycles. The van der Waals surface area contributed by atoms with Gasteiger partial charge in [-0.25, -0.2) is 0 Å². The fourth-order valence-corrected chi connectivity index (χ4v) is 2.84. The number of rotatable bonds is 14. The molecule has 0 heterocycles. The van der Waals surface area contributed by atoms with Crippen LogP contribution in [0.5, 0.6) is 11.5 Å². The van der Waals surface area contributed by atoms with Crippen molar-refractivity contribution in [1.29, 1.82) is 0 Å². The van der Waals surface area contributed by atoms with E-state index in [-0.39, 0.29) is 11.9 Å². The third kappa shape index (κ3) is 11.5. The van der Waals surface area contributed by atoms with Crippen LogP contribution in [-0.2, 0) is 9.59 Å². The summed E-state index contributed by atoms with van der Waals surface area (Å²) in [6.07, 6.45) is 10.4. The maximum atomic E-state index is 12.1. The zero-order valence-electron chi connectivity index (χ0n) is 17.3. The molecule has 4 nitrogen and oxygen atoms in total. The van der Waals surface area contributed by atoms with Crippen molar-refractivity contribution in [2.24, 2.45) is 5.92 Å². The summed E-state index contributed by atoms with van der Waals surface area (Å²) in [7, 11) is 0. The van der Waals surface area contributed by atoms with Gasteiger partial charge in [-0.3, -0.25) is 9.59 Å². The molecular formula is C23H36O4. The highest BCUT2D eigenvalue weighted by Gasteiger charge is 2.13. The highest BCUT2D eigenvalue weighted by atomic mass is 16.6. The SMILES string of the molecule is CCCCCCCCC(=O)Oc1ccccc1OC(=O)CCCCC(C)C. The largest absolute Gasteiger partial charge is 0.423 e. The highest BCUT2D eigenvalue weighted by Crippen LogP contribution is 2.27. The average Bonchev–Trinajstić information content (AvgIpc) is 2.63. The van der Waals surface area contributed by atoms with Crippen LogP contribution in [0.3, 0.4) is 0 Å². The first kappa shape index (κ1) is 23.2. The Morgan fingerprint density at radius 2 is 1.26 bits per heavy atom.